The van der Waals surface area contributed by atoms with Gasteiger partial charge >= 0.3 is 0 Å². The summed E-state index contributed by atoms with van der Waals surface area (Å²) in [7, 11) is 0. The number of rotatable bonds is 4. The van der Waals surface area contributed by atoms with Crippen molar-refractivity contribution in [2.24, 2.45) is 0 Å². The number of nitrogens with zero attached hydrogens (tertiary/aromatic N) is 5. The second kappa shape index (κ2) is 7.71. The number of carbonyl (C=O) groups excluding carboxylic acids is 1. The highest BCUT2D eigenvalue weighted by atomic mass is 32.1. The number of hydrogen-bond donors (Lipinski definition) is 1. The largest absolute Gasteiger partial charge is 0.364 e. The lowest BCUT2D eigenvalue weighted by atomic mass is 10.1. The summed E-state index contributed by atoms with van der Waals surface area (Å²) in [6, 6.07) is 10.3. The fourth-order valence-corrected chi connectivity index (χ4v) is 4.35. The molecule has 0 saturated carbocycles. The van der Waals surface area contributed by atoms with E-state index in [0.717, 1.165) is 31.5 Å². The van der Waals surface area contributed by atoms with E-state index in [4.69, 9.17) is 4.52 Å². The van der Waals surface area contributed by atoms with Crippen molar-refractivity contribution >= 4 is 33.7 Å². The summed E-state index contributed by atoms with van der Waals surface area (Å²) < 4.78 is 6.03. The zero-order valence-corrected chi connectivity index (χ0v) is 16.8. The van der Waals surface area contributed by atoms with Gasteiger partial charge in [0.1, 0.15) is 17.1 Å². The maximum Gasteiger partial charge on any atom is 0.277 e. The minimum atomic E-state index is -0.366. The molecule has 1 fully saturated rings. The summed E-state index contributed by atoms with van der Waals surface area (Å²) in [6.45, 7) is 1.84. The maximum absolute atomic E-state index is 12.6. The van der Waals surface area contributed by atoms with Gasteiger partial charge in [0.05, 0.1) is 0 Å². The number of benzene rings is 1. The van der Waals surface area contributed by atoms with Crippen LogP contribution in [0, 0.1) is 0 Å². The van der Waals surface area contributed by atoms with E-state index in [1.807, 2.05) is 12.1 Å². The minimum absolute atomic E-state index is 0.196. The number of nitrogens with one attached hydrogen (secondary N) is 1. The van der Waals surface area contributed by atoms with E-state index < -0.39 is 0 Å². The molecule has 1 amide bonds. The van der Waals surface area contributed by atoms with Gasteiger partial charge < -0.3 is 14.7 Å². The third-order valence-electron chi connectivity index (χ3n) is 4.95. The second-order valence-electron chi connectivity index (χ2n) is 7.02. The van der Waals surface area contributed by atoms with Crippen LogP contribution in [0.3, 0.4) is 0 Å². The molecule has 0 spiro atoms. The van der Waals surface area contributed by atoms with Gasteiger partial charge in [0.15, 0.2) is 5.69 Å². The lowest BCUT2D eigenvalue weighted by Crippen LogP contribution is -2.31. The summed E-state index contributed by atoms with van der Waals surface area (Å²) in [4.78, 5) is 32.2. The highest BCUT2D eigenvalue weighted by molar-refractivity contribution is 7.19. The number of fused-ring (bicyclic) bond motifs is 1. The Bertz CT molecular complexity index is 1260. The molecular weight excluding hydrogens is 404 g/mol. The molecular formula is C20H18N6O3S. The van der Waals surface area contributed by atoms with Crippen molar-refractivity contribution in [1.29, 1.82) is 0 Å². The van der Waals surface area contributed by atoms with Gasteiger partial charge in [-0.15, -0.1) is 0 Å². The molecule has 10 heteroatoms. The Kier molecular flexibility index (Phi) is 4.75. The molecule has 1 aromatic carbocycles. The maximum atomic E-state index is 12.6. The zero-order valence-electron chi connectivity index (χ0n) is 15.9. The van der Waals surface area contributed by atoms with Crippen molar-refractivity contribution in [1.82, 2.24) is 19.8 Å². The van der Waals surface area contributed by atoms with Gasteiger partial charge in [-0.1, -0.05) is 28.6 Å². The number of amides is 1. The van der Waals surface area contributed by atoms with Crippen LogP contribution in [0.25, 0.3) is 15.5 Å². The molecule has 3 aromatic heterocycles. The highest BCUT2D eigenvalue weighted by Gasteiger charge is 2.17. The Hall–Kier alpha value is -3.53. The normalized spacial score (nSPS) is 14.2. The van der Waals surface area contributed by atoms with Crippen LogP contribution >= 0.6 is 11.3 Å². The predicted octanol–water partition coefficient (Wildman–Crippen LogP) is 3.05. The quantitative estimate of drug-likeness (QED) is 0.539. The molecule has 30 heavy (non-hydrogen) atoms. The molecule has 1 N–H and O–H groups in total. The molecule has 4 aromatic rings. The predicted molar refractivity (Wildman–Crippen MR) is 113 cm³/mol. The van der Waals surface area contributed by atoms with Crippen molar-refractivity contribution < 1.29 is 9.32 Å². The van der Waals surface area contributed by atoms with Crippen LogP contribution in [0.2, 0.25) is 0 Å². The summed E-state index contributed by atoms with van der Waals surface area (Å²) in [6.07, 6.45) is 4.78. The third kappa shape index (κ3) is 3.57. The van der Waals surface area contributed by atoms with Crippen LogP contribution in [0.4, 0.5) is 11.5 Å². The molecule has 1 aliphatic rings. The van der Waals surface area contributed by atoms with Crippen LogP contribution in [-0.4, -0.2) is 38.8 Å². The van der Waals surface area contributed by atoms with Crippen LogP contribution < -0.4 is 15.8 Å². The number of piperidine rings is 1. The van der Waals surface area contributed by atoms with E-state index in [1.54, 1.807) is 18.2 Å². The molecule has 9 nitrogen and oxygen atoms in total. The summed E-state index contributed by atoms with van der Waals surface area (Å²) >= 11 is 1.34. The number of carbonyl (C=O) groups is 1. The van der Waals surface area contributed by atoms with E-state index in [-0.39, 0.29) is 17.2 Å². The lowest BCUT2D eigenvalue weighted by molar-refractivity contribution is 0.101. The molecule has 152 valence electrons. The molecule has 1 aliphatic heterocycles. The standard InChI is InChI=1S/C20H18N6O3S/c27-17-12-16(25-8-2-1-3-9-25)22-20-26(17)23-19(30-20)13-5-4-6-14(11-13)21-18(28)15-7-10-29-24-15/h4-7,10-12H,1-3,8-9H2,(H,21,28). The van der Waals surface area contributed by atoms with Crippen LogP contribution in [0.5, 0.6) is 0 Å². The molecule has 0 bridgehead atoms. The minimum Gasteiger partial charge on any atom is -0.364 e. The average Bonchev–Trinajstić information content (AvgIpc) is 3.45. The first-order valence-corrected chi connectivity index (χ1v) is 10.5. The molecule has 1 saturated heterocycles. The van der Waals surface area contributed by atoms with E-state index in [1.165, 1.54) is 34.6 Å². The topological polar surface area (TPSA) is 106 Å². The van der Waals surface area contributed by atoms with Gasteiger partial charge in [0, 0.05) is 36.5 Å². The van der Waals surface area contributed by atoms with Gasteiger partial charge in [0.2, 0.25) is 4.96 Å². The van der Waals surface area contributed by atoms with Crippen molar-refractivity contribution in [2.45, 2.75) is 19.3 Å². The smallest absolute Gasteiger partial charge is 0.277 e. The monoisotopic (exact) mass is 422 g/mol. The third-order valence-corrected chi connectivity index (χ3v) is 5.91. The summed E-state index contributed by atoms with van der Waals surface area (Å²) in [5.74, 6) is 0.345. The summed E-state index contributed by atoms with van der Waals surface area (Å²) in [5, 5.41) is 11.5. The number of hydrogen-bond acceptors (Lipinski definition) is 8. The molecule has 0 aliphatic carbocycles. The average molecular weight is 422 g/mol. The molecule has 0 atom stereocenters. The van der Waals surface area contributed by atoms with Crippen LogP contribution in [0.1, 0.15) is 29.8 Å². The van der Waals surface area contributed by atoms with E-state index in [9.17, 15) is 9.59 Å². The van der Waals surface area contributed by atoms with E-state index in [0.29, 0.717) is 21.5 Å². The van der Waals surface area contributed by atoms with Crippen molar-refractivity contribution in [3.8, 4) is 10.6 Å². The zero-order chi connectivity index (χ0) is 20.5. The lowest BCUT2D eigenvalue weighted by Gasteiger charge is -2.27. The van der Waals surface area contributed by atoms with Gasteiger partial charge in [-0.25, -0.2) is 4.98 Å². The number of aromatic nitrogens is 4. The van der Waals surface area contributed by atoms with Gasteiger partial charge in [0.25, 0.3) is 11.5 Å². The fourth-order valence-electron chi connectivity index (χ4n) is 3.46. The van der Waals surface area contributed by atoms with Gasteiger partial charge in [-0.2, -0.15) is 9.61 Å². The van der Waals surface area contributed by atoms with Crippen LogP contribution in [0.15, 0.2) is 52.0 Å². The molecule has 4 heterocycles. The number of anilines is 2. The Balaban J connectivity index is 1.45. The first-order valence-electron chi connectivity index (χ1n) is 9.65. The van der Waals surface area contributed by atoms with Gasteiger partial charge in [-0.05, 0) is 31.4 Å². The Labute approximate surface area is 175 Å². The highest BCUT2D eigenvalue weighted by Crippen LogP contribution is 2.28. The molecule has 0 unspecified atom stereocenters. The molecule has 5 rings (SSSR count). The van der Waals surface area contributed by atoms with Crippen LogP contribution in [-0.2, 0) is 0 Å². The van der Waals surface area contributed by atoms with Gasteiger partial charge in [-0.3, -0.25) is 9.59 Å². The Morgan fingerprint density at radius 1 is 1.13 bits per heavy atom. The molecule has 0 radical (unpaired) electrons. The van der Waals surface area contributed by atoms with Crippen molar-refractivity contribution in [3.63, 3.8) is 0 Å². The fraction of sp³-hybridized carbons (Fsp3) is 0.250. The van der Waals surface area contributed by atoms with Crippen molar-refractivity contribution in [2.75, 3.05) is 23.3 Å². The SMILES string of the molecule is O=C(Nc1cccc(-c2nn3c(=O)cc(N4CCCCC4)nc3s2)c1)c1ccon1. The van der Waals surface area contributed by atoms with E-state index in [2.05, 4.69) is 25.5 Å². The Morgan fingerprint density at radius 3 is 2.80 bits per heavy atom. The summed E-state index contributed by atoms with van der Waals surface area (Å²) in [5.41, 5.74) is 1.37. The first-order chi connectivity index (χ1) is 14.7. The second-order valence-corrected chi connectivity index (χ2v) is 7.98. The first kappa shape index (κ1) is 18.5. The van der Waals surface area contributed by atoms with E-state index >= 15 is 0 Å². The Morgan fingerprint density at radius 2 is 2.00 bits per heavy atom. The van der Waals surface area contributed by atoms with Crippen molar-refractivity contribution in [3.05, 3.63) is 58.7 Å².